The van der Waals surface area contributed by atoms with Crippen LogP contribution < -0.4 is 5.56 Å². The first-order valence-corrected chi connectivity index (χ1v) is 9.89. The van der Waals surface area contributed by atoms with Crippen LogP contribution in [0, 0.1) is 17.6 Å². The van der Waals surface area contributed by atoms with Gasteiger partial charge < -0.3 is 9.47 Å². The fourth-order valence-corrected chi connectivity index (χ4v) is 4.66. The SMILES string of the molecule is O=C(c1ccc(F)cc1F)N1C[C@@H]2C[C@H](C1)c1cc(-c3cccnc3)cc(=O)n1C2. The Hall–Kier alpha value is -3.35. The lowest BCUT2D eigenvalue weighted by molar-refractivity contribution is 0.0590. The third kappa shape index (κ3) is 3.20. The number of carbonyl (C=O) groups is 1. The van der Waals surface area contributed by atoms with Crippen LogP contribution in [-0.2, 0) is 6.54 Å². The predicted molar refractivity (Wildman–Crippen MR) is 107 cm³/mol. The molecule has 2 aliphatic heterocycles. The van der Waals surface area contributed by atoms with Crippen LogP contribution in [0.5, 0.6) is 0 Å². The van der Waals surface area contributed by atoms with E-state index in [1.54, 1.807) is 27.9 Å². The van der Waals surface area contributed by atoms with Crippen molar-refractivity contribution >= 4 is 5.91 Å². The standard InChI is InChI=1S/C23H19F2N3O2/c24-18-3-4-19(20(25)9-18)23(30)27-11-14-6-17(13-27)21-7-16(8-22(29)28(21)12-14)15-2-1-5-26-10-15/h1-5,7-10,14,17H,6,11-13H2/t14-,17+/m0/s1. The molecule has 4 heterocycles. The number of halogens is 2. The second-order valence-electron chi connectivity index (χ2n) is 7.99. The average Bonchev–Trinajstić information content (AvgIpc) is 2.74. The molecular formula is C23H19F2N3O2. The molecule has 0 N–H and O–H groups in total. The number of benzene rings is 1. The summed E-state index contributed by atoms with van der Waals surface area (Å²) in [5.74, 6) is -1.91. The van der Waals surface area contributed by atoms with Gasteiger partial charge in [-0.3, -0.25) is 14.6 Å². The monoisotopic (exact) mass is 407 g/mol. The van der Waals surface area contributed by atoms with E-state index in [2.05, 4.69) is 4.98 Å². The van der Waals surface area contributed by atoms with Crippen molar-refractivity contribution < 1.29 is 13.6 Å². The predicted octanol–water partition coefficient (Wildman–Crippen LogP) is 3.45. The summed E-state index contributed by atoms with van der Waals surface area (Å²) >= 11 is 0. The van der Waals surface area contributed by atoms with Gasteiger partial charge in [0.25, 0.3) is 11.5 Å². The Kier molecular flexibility index (Phi) is 4.46. The van der Waals surface area contributed by atoms with Gasteiger partial charge in [0, 0.05) is 61.3 Å². The second kappa shape index (κ2) is 7.16. The van der Waals surface area contributed by atoms with Gasteiger partial charge in [0.2, 0.25) is 0 Å². The number of piperidine rings is 1. The maximum Gasteiger partial charge on any atom is 0.256 e. The highest BCUT2D eigenvalue weighted by atomic mass is 19.1. The van der Waals surface area contributed by atoms with Gasteiger partial charge in [-0.1, -0.05) is 6.07 Å². The van der Waals surface area contributed by atoms with Gasteiger partial charge in [0.05, 0.1) is 5.56 Å². The van der Waals surface area contributed by atoms with Crippen LogP contribution in [0.2, 0.25) is 0 Å². The lowest BCUT2D eigenvalue weighted by atomic mass is 9.82. The van der Waals surface area contributed by atoms with Crippen molar-refractivity contribution in [3.8, 4) is 11.1 Å². The molecule has 0 aliphatic carbocycles. The van der Waals surface area contributed by atoms with Crippen LogP contribution in [0.4, 0.5) is 8.78 Å². The molecule has 1 aromatic carbocycles. The summed E-state index contributed by atoms with van der Waals surface area (Å²) in [4.78, 5) is 31.4. The first-order valence-electron chi connectivity index (χ1n) is 9.89. The van der Waals surface area contributed by atoms with Gasteiger partial charge in [0.1, 0.15) is 11.6 Å². The highest BCUT2D eigenvalue weighted by molar-refractivity contribution is 5.94. The number of carbonyl (C=O) groups excluding carboxylic acids is 1. The van der Waals surface area contributed by atoms with Crippen LogP contribution in [0.15, 0.2) is 59.7 Å². The molecule has 2 aliphatic rings. The maximum atomic E-state index is 14.1. The largest absolute Gasteiger partial charge is 0.338 e. The zero-order chi connectivity index (χ0) is 20.8. The molecule has 0 spiro atoms. The van der Waals surface area contributed by atoms with Gasteiger partial charge in [-0.2, -0.15) is 0 Å². The van der Waals surface area contributed by atoms with Gasteiger partial charge in [-0.05, 0) is 42.2 Å². The zero-order valence-corrected chi connectivity index (χ0v) is 16.1. The van der Waals surface area contributed by atoms with Crippen molar-refractivity contribution in [1.82, 2.24) is 14.5 Å². The lowest BCUT2D eigenvalue weighted by Gasteiger charge is -2.43. The Balaban J connectivity index is 1.49. The number of nitrogens with zero attached hydrogens (tertiary/aromatic N) is 3. The van der Waals surface area contributed by atoms with E-state index in [0.717, 1.165) is 35.4 Å². The van der Waals surface area contributed by atoms with Crippen LogP contribution >= 0.6 is 0 Å². The zero-order valence-electron chi connectivity index (χ0n) is 16.1. The summed E-state index contributed by atoms with van der Waals surface area (Å²) in [7, 11) is 0. The maximum absolute atomic E-state index is 14.1. The molecule has 5 nitrogen and oxygen atoms in total. The molecule has 1 fully saturated rings. The number of likely N-dealkylation sites (tertiary alicyclic amines) is 1. The fourth-order valence-electron chi connectivity index (χ4n) is 4.66. The highest BCUT2D eigenvalue weighted by Crippen LogP contribution is 2.37. The molecule has 0 unspecified atom stereocenters. The van der Waals surface area contributed by atoms with Crippen LogP contribution in [0.25, 0.3) is 11.1 Å². The fraction of sp³-hybridized carbons (Fsp3) is 0.261. The molecule has 0 saturated carbocycles. The molecule has 30 heavy (non-hydrogen) atoms. The van der Waals surface area contributed by atoms with Gasteiger partial charge in [-0.15, -0.1) is 0 Å². The summed E-state index contributed by atoms with van der Waals surface area (Å²) < 4.78 is 29.2. The first kappa shape index (κ1) is 18.7. The molecular weight excluding hydrogens is 388 g/mol. The van der Waals surface area contributed by atoms with Crippen molar-refractivity contribution in [3.63, 3.8) is 0 Å². The number of amides is 1. The van der Waals surface area contributed by atoms with E-state index in [1.807, 2.05) is 18.2 Å². The van der Waals surface area contributed by atoms with Crippen molar-refractivity contribution in [2.24, 2.45) is 5.92 Å². The van der Waals surface area contributed by atoms with Gasteiger partial charge in [-0.25, -0.2) is 8.78 Å². The minimum Gasteiger partial charge on any atom is -0.338 e. The Bertz CT molecular complexity index is 1190. The quantitative estimate of drug-likeness (QED) is 0.654. The minimum atomic E-state index is -0.855. The van der Waals surface area contributed by atoms with Crippen LogP contribution in [0.3, 0.4) is 0 Å². The highest BCUT2D eigenvalue weighted by Gasteiger charge is 2.37. The van der Waals surface area contributed by atoms with Crippen molar-refractivity contribution in [2.45, 2.75) is 18.9 Å². The van der Waals surface area contributed by atoms with E-state index in [-0.39, 0.29) is 23.0 Å². The molecule has 1 saturated heterocycles. The topological polar surface area (TPSA) is 55.2 Å². The molecule has 2 aromatic heterocycles. The van der Waals surface area contributed by atoms with E-state index in [9.17, 15) is 18.4 Å². The molecule has 1 amide bonds. The van der Waals surface area contributed by atoms with Crippen molar-refractivity contribution in [1.29, 1.82) is 0 Å². The summed E-state index contributed by atoms with van der Waals surface area (Å²) in [5, 5.41) is 0. The van der Waals surface area contributed by atoms with E-state index in [0.29, 0.717) is 19.6 Å². The third-order valence-corrected chi connectivity index (χ3v) is 6.00. The molecule has 0 radical (unpaired) electrons. The van der Waals surface area contributed by atoms with E-state index >= 15 is 0 Å². The Morgan fingerprint density at radius 1 is 1.03 bits per heavy atom. The normalized spacial score (nSPS) is 20.0. The molecule has 2 bridgehead atoms. The summed E-state index contributed by atoms with van der Waals surface area (Å²) in [6, 6.07) is 10.3. The number of hydrogen-bond donors (Lipinski definition) is 0. The van der Waals surface area contributed by atoms with Gasteiger partial charge in [0.15, 0.2) is 0 Å². The van der Waals surface area contributed by atoms with E-state index in [4.69, 9.17) is 0 Å². The molecule has 2 atom stereocenters. The molecule has 152 valence electrons. The van der Waals surface area contributed by atoms with Crippen LogP contribution in [-0.4, -0.2) is 33.4 Å². The Labute approximate surface area is 171 Å². The third-order valence-electron chi connectivity index (χ3n) is 6.00. The van der Waals surface area contributed by atoms with Gasteiger partial charge >= 0.3 is 0 Å². The van der Waals surface area contributed by atoms with E-state index in [1.165, 1.54) is 6.07 Å². The summed E-state index contributed by atoms with van der Waals surface area (Å²) in [6.07, 6.45) is 4.26. The Morgan fingerprint density at radius 3 is 2.67 bits per heavy atom. The Morgan fingerprint density at radius 2 is 1.90 bits per heavy atom. The van der Waals surface area contributed by atoms with Crippen molar-refractivity contribution in [2.75, 3.05) is 13.1 Å². The number of aromatic nitrogens is 2. The first-order chi connectivity index (χ1) is 14.5. The number of hydrogen-bond acceptors (Lipinski definition) is 3. The molecule has 5 rings (SSSR count). The molecule has 7 heteroatoms. The number of pyridine rings is 2. The number of rotatable bonds is 2. The lowest BCUT2D eigenvalue weighted by Crippen LogP contribution is -2.49. The van der Waals surface area contributed by atoms with Crippen molar-refractivity contribution in [3.05, 3.63) is 88.1 Å². The second-order valence-corrected chi connectivity index (χ2v) is 7.99. The summed E-state index contributed by atoms with van der Waals surface area (Å²) in [5.41, 5.74) is 2.35. The smallest absolute Gasteiger partial charge is 0.256 e. The summed E-state index contributed by atoms with van der Waals surface area (Å²) in [6.45, 7) is 1.36. The molecule has 3 aromatic rings. The average molecular weight is 407 g/mol. The number of fused-ring (bicyclic) bond motifs is 4. The minimum absolute atomic E-state index is 0.0192. The van der Waals surface area contributed by atoms with Crippen LogP contribution in [0.1, 0.15) is 28.4 Å². The van der Waals surface area contributed by atoms with E-state index < -0.39 is 17.5 Å².